The van der Waals surface area contributed by atoms with E-state index >= 15 is 0 Å². The molecular formula is C19H18BrF3N2O3S. The van der Waals surface area contributed by atoms with Crippen molar-refractivity contribution in [2.24, 2.45) is 0 Å². The average molecular weight is 491 g/mol. The van der Waals surface area contributed by atoms with E-state index in [-0.39, 0.29) is 22.1 Å². The third kappa shape index (κ3) is 5.37. The summed E-state index contributed by atoms with van der Waals surface area (Å²) in [5.41, 5.74) is -0.456. The van der Waals surface area contributed by atoms with Crippen LogP contribution in [0.1, 0.15) is 47.3 Å². The molecular weight excluding hydrogens is 473 g/mol. The summed E-state index contributed by atoms with van der Waals surface area (Å²) in [6.07, 6.45) is -2.94. The largest absolute Gasteiger partial charge is 0.416 e. The van der Waals surface area contributed by atoms with Gasteiger partial charge in [0.25, 0.3) is 5.91 Å². The van der Waals surface area contributed by atoms with Gasteiger partial charge in [-0.25, -0.2) is 13.1 Å². The van der Waals surface area contributed by atoms with Crippen molar-refractivity contribution in [1.82, 2.24) is 10.0 Å². The van der Waals surface area contributed by atoms with Crippen LogP contribution in [0.2, 0.25) is 0 Å². The molecule has 0 aliphatic heterocycles. The summed E-state index contributed by atoms with van der Waals surface area (Å²) in [4.78, 5) is 12.6. The Balaban J connectivity index is 1.81. The lowest BCUT2D eigenvalue weighted by Crippen LogP contribution is -2.28. The zero-order valence-electron chi connectivity index (χ0n) is 15.3. The Labute approximate surface area is 174 Å². The fourth-order valence-corrected chi connectivity index (χ4v) is 4.43. The van der Waals surface area contributed by atoms with Gasteiger partial charge in [-0.2, -0.15) is 13.2 Å². The molecule has 0 radical (unpaired) electrons. The van der Waals surface area contributed by atoms with Crippen LogP contribution in [0.25, 0.3) is 0 Å². The predicted octanol–water partition coefficient (Wildman–Crippen LogP) is 4.40. The van der Waals surface area contributed by atoms with Gasteiger partial charge in [0.15, 0.2) is 0 Å². The Hall–Kier alpha value is -1.91. The molecule has 2 N–H and O–H groups in total. The SMILES string of the molecule is CC(NC(=O)c1cc(S(=O)(=O)NC2CC2)ccc1Br)c1cccc(C(F)(F)F)c1. The van der Waals surface area contributed by atoms with Gasteiger partial charge >= 0.3 is 6.18 Å². The number of rotatable bonds is 6. The van der Waals surface area contributed by atoms with Crippen LogP contribution in [0.5, 0.6) is 0 Å². The summed E-state index contributed by atoms with van der Waals surface area (Å²) in [5, 5.41) is 2.61. The molecule has 10 heteroatoms. The molecule has 0 spiro atoms. The molecule has 1 fully saturated rings. The first kappa shape index (κ1) is 21.8. The van der Waals surface area contributed by atoms with Gasteiger partial charge in [0.1, 0.15) is 0 Å². The minimum absolute atomic E-state index is 0.0514. The van der Waals surface area contributed by atoms with Crippen LogP contribution in [-0.2, 0) is 16.2 Å². The second kappa shape index (κ2) is 8.08. The summed E-state index contributed by atoms with van der Waals surface area (Å²) in [6.45, 7) is 1.55. The van der Waals surface area contributed by atoms with E-state index in [0.717, 1.165) is 25.0 Å². The maximum Gasteiger partial charge on any atom is 0.416 e. The van der Waals surface area contributed by atoms with Gasteiger partial charge in [0.2, 0.25) is 10.0 Å². The number of benzene rings is 2. The van der Waals surface area contributed by atoms with Gasteiger partial charge in [-0.05, 0) is 71.6 Å². The molecule has 1 aliphatic carbocycles. The fourth-order valence-electron chi connectivity index (χ4n) is 2.68. The van der Waals surface area contributed by atoms with Crippen molar-refractivity contribution >= 4 is 31.9 Å². The molecule has 5 nitrogen and oxygen atoms in total. The lowest BCUT2D eigenvalue weighted by Gasteiger charge is -2.17. The monoisotopic (exact) mass is 490 g/mol. The fraction of sp³-hybridized carbons (Fsp3) is 0.316. The summed E-state index contributed by atoms with van der Waals surface area (Å²) in [5.74, 6) is -0.606. The van der Waals surface area contributed by atoms with Crippen LogP contribution in [0, 0.1) is 0 Å². The molecule has 29 heavy (non-hydrogen) atoms. The van der Waals surface area contributed by atoms with E-state index in [0.29, 0.717) is 4.47 Å². The highest BCUT2D eigenvalue weighted by Gasteiger charge is 2.31. The van der Waals surface area contributed by atoms with Crippen molar-refractivity contribution in [3.05, 3.63) is 63.6 Å². The number of carbonyl (C=O) groups excluding carboxylic acids is 1. The lowest BCUT2D eigenvalue weighted by atomic mass is 10.0. The first-order valence-electron chi connectivity index (χ1n) is 8.77. The van der Waals surface area contributed by atoms with Gasteiger partial charge in [-0.3, -0.25) is 4.79 Å². The summed E-state index contributed by atoms with van der Waals surface area (Å²) < 4.78 is 66.4. The number of nitrogens with one attached hydrogen (secondary N) is 2. The Morgan fingerprint density at radius 3 is 2.48 bits per heavy atom. The van der Waals surface area contributed by atoms with E-state index in [9.17, 15) is 26.4 Å². The lowest BCUT2D eigenvalue weighted by molar-refractivity contribution is -0.137. The zero-order chi connectivity index (χ0) is 21.4. The molecule has 1 aliphatic rings. The molecule has 1 amide bonds. The molecule has 3 rings (SSSR count). The molecule has 0 saturated heterocycles. The molecule has 0 bridgehead atoms. The van der Waals surface area contributed by atoms with E-state index < -0.39 is 33.7 Å². The van der Waals surface area contributed by atoms with Crippen LogP contribution in [-0.4, -0.2) is 20.4 Å². The Morgan fingerprint density at radius 1 is 1.17 bits per heavy atom. The third-order valence-corrected chi connectivity index (χ3v) is 6.66. The van der Waals surface area contributed by atoms with Crippen molar-refractivity contribution in [3.8, 4) is 0 Å². The topological polar surface area (TPSA) is 75.3 Å². The molecule has 0 aromatic heterocycles. The van der Waals surface area contributed by atoms with E-state index in [2.05, 4.69) is 26.0 Å². The highest BCUT2D eigenvalue weighted by atomic mass is 79.9. The van der Waals surface area contributed by atoms with Crippen molar-refractivity contribution in [2.75, 3.05) is 0 Å². The van der Waals surface area contributed by atoms with Crippen LogP contribution < -0.4 is 10.0 Å². The minimum Gasteiger partial charge on any atom is -0.345 e. The first-order chi connectivity index (χ1) is 13.5. The summed E-state index contributed by atoms with van der Waals surface area (Å²) >= 11 is 3.22. The normalized spacial score (nSPS) is 15.8. The standard InChI is InChI=1S/C19H18BrF3N2O3S/c1-11(12-3-2-4-13(9-12)19(21,22)23)24-18(26)16-10-15(7-8-17(16)20)29(27,28)25-14-5-6-14/h2-4,7-11,14,25H,5-6H2,1H3,(H,24,26). The number of hydrogen-bond acceptors (Lipinski definition) is 3. The van der Waals surface area contributed by atoms with E-state index in [4.69, 9.17) is 0 Å². The minimum atomic E-state index is -4.49. The number of sulfonamides is 1. The second-order valence-electron chi connectivity index (χ2n) is 6.86. The van der Waals surface area contributed by atoms with E-state index in [1.165, 1.54) is 30.3 Å². The van der Waals surface area contributed by atoms with Gasteiger partial charge in [-0.15, -0.1) is 0 Å². The maximum absolute atomic E-state index is 12.9. The third-order valence-electron chi connectivity index (χ3n) is 4.45. The van der Waals surface area contributed by atoms with Crippen molar-refractivity contribution in [3.63, 3.8) is 0 Å². The van der Waals surface area contributed by atoms with Crippen LogP contribution in [0.15, 0.2) is 51.8 Å². The molecule has 1 saturated carbocycles. The van der Waals surface area contributed by atoms with Gasteiger partial charge < -0.3 is 5.32 Å². The molecule has 156 valence electrons. The quantitative estimate of drug-likeness (QED) is 0.629. The number of alkyl halides is 3. The molecule has 2 aromatic carbocycles. The van der Waals surface area contributed by atoms with Crippen LogP contribution in [0.4, 0.5) is 13.2 Å². The Kier molecular flexibility index (Phi) is 6.07. The number of halogens is 4. The molecule has 0 heterocycles. The van der Waals surface area contributed by atoms with Crippen LogP contribution in [0.3, 0.4) is 0 Å². The molecule has 1 atom stereocenters. The van der Waals surface area contributed by atoms with E-state index in [1.54, 1.807) is 6.92 Å². The first-order valence-corrected chi connectivity index (χ1v) is 11.0. The summed E-state index contributed by atoms with van der Waals surface area (Å²) in [6, 6.07) is 7.94. The smallest absolute Gasteiger partial charge is 0.345 e. The Bertz CT molecular complexity index is 1040. The summed E-state index contributed by atoms with van der Waals surface area (Å²) in [7, 11) is -3.75. The van der Waals surface area contributed by atoms with Crippen LogP contribution >= 0.6 is 15.9 Å². The predicted molar refractivity (Wildman–Crippen MR) is 105 cm³/mol. The second-order valence-corrected chi connectivity index (χ2v) is 9.42. The van der Waals surface area contributed by atoms with Crippen molar-refractivity contribution in [2.45, 2.75) is 42.9 Å². The van der Waals surface area contributed by atoms with E-state index in [1.807, 2.05) is 0 Å². The van der Waals surface area contributed by atoms with Crippen molar-refractivity contribution in [1.29, 1.82) is 0 Å². The number of carbonyl (C=O) groups is 1. The highest BCUT2D eigenvalue weighted by Crippen LogP contribution is 2.31. The maximum atomic E-state index is 12.9. The zero-order valence-corrected chi connectivity index (χ0v) is 17.7. The average Bonchev–Trinajstić information content (AvgIpc) is 3.44. The number of amides is 1. The van der Waals surface area contributed by atoms with Gasteiger partial charge in [-0.1, -0.05) is 12.1 Å². The molecule has 1 unspecified atom stereocenters. The number of hydrogen-bond donors (Lipinski definition) is 2. The van der Waals surface area contributed by atoms with Crippen molar-refractivity contribution < 1.29 is 26.4 Å². The highest BCUT2D eigenvalue weighted by molar-refractivity contribution is 9.10. The van der Waals surface area contributed by atoms with Gasteiger partial charge in [0, 0.05) is 10.5 Å². The van der Waals surface area contributed by atoms with Gasteiger partial charge in [0.05, 0.1) is 22.1 Å². The molecule has 2 aromatic rings. The Morgan fingerprint density at radius 2 is 1.86 bits per heavy atom.